The van der Waals surface area contributed by atoms with E-state index in [1.807, 2.05) is 48.2 Å². The molecule has 1 aliphatic heterocycles. The summed E-state index contributed by atoms with van der Waals surface area (Å²) in [5, 5.41) is 25.6. The first-order valence-corrected chi connectivity index (χ1v) is 13.2. The maximum Gasteiger partial charge on any atom is 0.335 e. The Kier molecular flexibility index (Phi) is 7.79. The van der Waals surface area contributed by atoms with Gasteiger partial charge in [0.05, 0.1) is 22.9 Å². The van der Waals surface area contributed by atoms with Gasteiger partial charge in [0.2, 0.25) is 5.91 Å². The summed E-state index contributed by atoms with van der Waals surface area (Å²) in [5.41, 5.74) is 2.46. The van der Waals surface area contributed by atoms with E-state index in [9.17, 15) is 24.6 Å². The summed E-state index contributed by atoms with van der Waals surface area (Å²) in [6.45, 7) is 2.25. The third kappa shape index (κ3) is 6.10. The topological polar surface area (TPSA) is 145 Å². The van der Waals surface area contributed by atoms with Crippen LogP contribution in [0.4, 0.5) is 5.69 Å². The Morgan fingerprint density at radius 3 is 2.34 bits per heavy atom. The van der Waals surface area contributed by atoms with Gasteiger partial charge in [-0.1, -0.05) is 23.8 Å². The smallest absolute Gasteiger partial charge is 0.335 e. The van der Waals surface area contributed by atoms with Gasteiger partial charge in [0.15, 0.2) is 5.11 Å². The molecular formula is C30H26N4O6S. The molecule has 4 N–H and O–H groups in total. The second kappa shape index (κ2) is 11.6. The average molecular weight is 571 g/mol. The number of rotatable bonds is 9. The summed E-state index contributed by atoms with van der Waals surface area (Å²) >= 11 is 5.67. The van der Waals surface area contributed by atoms with Crippen LogP contribution in [0.25, 0.3) is 11.3 Å². The van der Waals surface area contributed by atoms with Crippen molar-refractivity contribution in [2.24, 2.45) is 0 Å². The fourth-order valence-corrected chi connectivity index (χ4v) is 5.05. The molecule has 1 saturated heterocycles. The van der Waals surface area contributed by atoms with Crippen molar-refractivity contribution < 1.29 is 29.0 Å². The van der Waals surface area contributed by atoms with Crippen LogP contribution in [-0.2, 0) is 4.79 Å². The molecule has 3 heterocycles. The van der Waals surface area contributed by atoms with Gasteiger partial charge in [0.25, 0.3) is 0 Å². The lowest BCUT2D eigenvalue weighted by Crippen LogP contribution is -2.32. The van der Waals surface area contributed by atoms with E-state index in [1.165, 1.54) is 12.1 Å². The van der Waals surface area contributed by atoms with E-state index in [1.54, 1.807) is 24.4 Å². The van der Waals surface area contributed by atoms with Crippen molar-refractivity contribution in [3.05, 3.63) is 107 Å². The predicted octanol–water partition coefficient (Wildman–Crippen LogP) is 5.05. The molecule has 10 nitrogen and oxygen atoms in total. The van der Waals surface area contributed by atoms with Gasteiger partial charge >= 0.3 is 11.9 Å². The molecule has 2 aromatic carbocycles. The molecule has 1 fully saturated rings. The van der Waals surface area contributed by atoms with Gasteiger partial charge in [-0.05, 0) is 73.7 Å². The number of thiocarbonyl (C=S) groups is 1. The molecule has 5 rings (SSSR count). The minimum Gasteiger partial charge on any atom is -0.478 e. The van der Waals surface area contributed by atoms with Gasteiger partial charge in [-0.15, -0.1) is 0 Å². The zero-order valence-corrected chi connectivity index (χ0v) is 22.7. The number of carbonyl (C=O) groups is 3. The van der Waals surface area contributed by atoms with Crippen LogP contribution in [0.1, 0.15) is 56.2 Å². The number of nitrogens with zero attached hydrogens (tertiary/aromatic N) is 2. The number of hydrogen-bond acceptors (Lipinski definition) is 6. The number of aryl methyl sites for hydroxylation is 1. The van der Waals surface area contributed by atoms with Gasteiger partial charge < -0.3 is 30.2 Å². The van der Waals surface area contributed by atoms with Crippen LogP contribution in [-0.4, -0.2) is 49.6 Å². The highest BCUT2D eigenvalue weighted by Crippen LogP contribution is 2.40. The molecule has 0 unspecified atom stereocenters. The third-order valence-corrected chi connectivity index (χ3v) is 7.09. The van der Waals surface area contributed by atoms with Crippen LogP contribution in [0.15, 0.2) is 83.4 Å². The number of anilines is 1. The summed E-state index contributed by atoms with van der Waals surface area (Å²) < 4.78 is 6.21. The van der Waals surface area contributed by atoms with Gasteiger partial charge in [-0.25, -0.2) is 9.59 Å². The monoisotopic (exact) mass is 570 g/mol. The maximum absolute atomic E-state index is 12.8. The van der Waals surface area contributed by atoms with E-state index in [-0.39, 0.29) is 30.0 Å². The Bertz CT molecular complexity index is 1590. The molecule has 1 amide bonds. The summed E-state index contributed by atoms with van der Waals surface area (Å²) in [6, 6.07) is 19.4. The van der Waals surface area contributed by atoms with Crippen molar-refractivity contribution in [1.82, 2.24) is 15.2 Å². The van der Waals surface area contributed by atoms with Crippen molar-refractivity contribution >= 4 is 40.9 Å². The Labute approximate surface area is 240 Å². The standard InChI is InChI=1S/C30H26N4O6S/c1-17-5-7-21(8-6-17)32-25(35)11-13-34-27(26(33-30(34)41)22-4-2-3-12-31-22)24-10-9-23(40-24)18-14-19(28(36)37)16-20(15-18)29(38)39/h2-10,12,14-16,26-27H,11,13H2,1H3,(H,32,35)(H,33,41)(H,36,37)(H,38,39)/t26-,27+/m0/s1. The normalized spacial score (nSPS) is 16.3. The Morgan fingerprint density at radius 1 is 1.00 bits per heavy atom. The summed E-state index contributed by atoms with van der Waals surface area (Å²) in [5.74, 6) is -1.91. The molecule has 2 aromatic heterocycles. The van der Waals surface area contributed by atoms with Crippen molar-refractivity contribution in [3.8, 4) is 11.3 Å². The second-order valence-corrected chi connectivity index (χ2v) is 9.98. The van der Waals surface area contributed by atoms with Crippen LogP contribution in [0.5, 0.6) is 0 Å². The number of furan rings is 1. The Hall–Kier alpha value is -5.03. The van der Waals surface area contributed by atoms with Crippen LogP contribution >= 0.6 is 12.2 Å². The molecular weight excluding hydrogens is 544 g/mol. The summed E-state index contributed by atoms with van der Waals surface area (Å²) in [6.07, 6.45) is 1.82. The van der Waals surface area contributed by atoms with Crippen LogP contribution in [0.2, 0.25) is 0 Å². The first-order chi connectivity index (χ1) is 19.7. The number of pyridine rings is 1. The highest BCUT2D eigenvalue weighted by atomic mass is 32.1. The molecule has 0 bridgehead atoms. The molecule has 1 aliphatic rings. The van der Waals surface area contributed by atoms with Gasteiger partial charge in [-0.3, -0.25) is 9.78 Å². The van der Waals surface area contributed by atoms with Crippen LogP contribution in [0, 0.1) is 6.92 Å². The van der Waals surface area contributed by atoms with E-state index in [4.69, 9.17) is 16.6 Å². The van der Waals surface area contributed by atoms with E-state index in [0.29, 0.717) is 33.6 Å². The van der Waals surface area contributed by atoms with Crippen molar-refractivity contribution in [2.45, 2.75) is 25.4 Å². The SMILES string of the molecule is Cc1ccc(NC(=O)CCN2C(=S)N[C@@H](c3ccccn3)[C@H]2c2ccc(-c3cc(C(=O)O)cc(C(=O)O)c3)o2)cc1. The van der Waals surface area contributed by atoms with Crippen LogP contribution < -0.4 is 10.6 Å². The first-order valence-electron chi connectivity index (χ1n) is 12.8. The highest BCUT2D eigenvalue weighted by molar-refractivity contribution is 7.80. The van der Waals surface area contributed by atoms with Gasteiger partial charge in [-0.2, -0.15) is 0 Å². The lowest BCUT2D eigenvalue weighted by atomic mass is 10.0. The summed E-state index contributed by atoms with van der Waals surface area (Å²) in [7, 11) is 0. The molecule has 4 aromatic rings. The zero-order chi connectivity index (χ0) is 29.1. The quantitative estimate of drug-likeness (QED) is 0.202. The second-order valence-electron chi connectivity index (χ2n) is 9.60. The minimum absolute atomic E-state index is 0.150. The number of benzene rings is 2. The van der Waals surface area contributed by atoms with Crippen molar-refractivity contribution in [1.29, 1.82) is 0 Å². The number of aromatic nitrogens is 1. The average Bonchev–Trinajstić information content (AvgIpc) is 3.58. The number of amides is 1. The van der Waals surface area contributed by atoms with Gasteiger partial charge in [0.1, 0.15) is 17.6 Å². The number of aromatic carboxylic acids is 2. The number of carboxylic acid groups (broad SMARTS) is 2. The predicted molar refractivity (Wildman–Crippen MR) is 155 cm³/mol. The van der Waals surface area contributed by atoms with Crippen LogP contribution in [0.3, 0.4) is 0 Å². The third-order valence-electron chi connectivity index (χ3n) is 6.74. The fourth-order valence-electron chi connectivity index (χ4n) is 4.72. The molecule has 41 heavy (non-hydrogen) atoms. The van der Waals surface area contributed by atoms with E-state index in [0.717, 1.165) is 11.6 Å². The minimum atomic E-state index is -1.25. The highest BCUT2D eigenvalue weighted by Gasteiger charge is 2.41. The molecule has 0 saturated carbocycles. The first kappa shape index (κ1) is 27.5. The van der Waals surface area contributed by atoms with Gasteiger partial charge in [0, 0.05) is 30.4 Å². The molecule has 0 spiro atoms. The Morgan fingerprint density at radius 2 is 1.71 bits per heavy atom. The fraction of sp³-hybridized carbons (Fsp3) is 0.167. The largest absolute Gasteiger partial charge is 0.478 e. The lowest BCUT2D eigenvalue weighted by Gasteiger charge is -2.25. The van der Waals surface area contributed by atoms with E-state index < -0.39 is 24.0 Å². The van der Waals surface area contributed by atoms with E-state index >= 15 is 0 Å². The molecule has 0 aliphatic carbocycles. The number of nitrogens with one attached hydrogen (secondary N) is 2. The maximum atomic E-state index is 12.8. The number of carboxylic acids is 2. The summed E-state index contributed by atoms with van der Waals surface area (Å²) in [4.78, 5) is 42.4. The Balaban J connectivity index is 1.44. The molecule has 2 atom stereocenters. The number of carbonyl (C=O) groups excluding carboxylic acids is 1. The van der Waals surface area contributed by atoms with Crippen molar-refractivity contribution in [3.63, 3.8) is 0 Å². The molecule has 208 valence electrons. The van der Waals surface area contributed by atoms with Crippen molar-refractivity contribution in [2.75, 3.05) is 11.9 Å². The van der Waals surface area contributed by atoms with E-state index in [2.05, 4.69) is 15.6 Å². The molecule has 11 heteroatoms. The number of hydrogen-bond donors (Lipinski definition) is 4. The molecule has 0 radical (unpaired) electrons. The lowest BCUT2D eigenvalue weighted by molar-refractivity contribution is -0.116. The zero-order valence-electron chi connectivity index (χ0n) is 21.9.